The number of nitrogens with two attached hydrogens (primary N) is 1. The minimum absolute atomic E-state index is 0.0440. The predicted octanol–water partition coefficient (Wildman–Crippen LogP) is 1.85. The zero-order valence-electron chi connectivity index (χ0n) is 13.1. The number of piperidine rings is 1. The molecule has 20 heavy (non-hydrogen) atoms. The third-order valence-corrected chi connectivity index (χ3v) is 4.71. The van der Waals surface area contributed by atoms with Crippen LogP contribution in [-0.4, -0.2) is 41.0 Å². The van der Waals surface area contributed by atoms with Gasteiger partial charge in [-0.3, -0.25) is 9.59 Å². The first kappa shape index (κ1) is 17.0. The zero-order chi connectivity index (χ0) is 15.6. The van der Waals surface area contributed by atoms with Crippen molar-refractivity contribution < 1.29 is 14.7 Å². The maximum absolute atomic E-state index is 12.2. The Morgan fingerprint density at radius 3 is 2.15 bits per heavy atom. The van der Waals surface area contributed by atoms with E-state index in [-0.39, 0.29) is 17.4 Å². The molecule has 0 radical (unpaired) electrons. The lowest BCUT2D eigenvalue weighted by Crippen LogP contribution is -2.48. The summed E-state index contributed by atoms with van der Waals surface area (Å²) in [5.41, 5.74) is 5.30. The van der Waals surface area contributed by atoms with E-state index in [4.69, 9.17) is 5.73 Å². The Kier molecular flexibility index (Phi) is 5.19. The molecule has 116 valence electrons. The number of rotatable bonds is 4. The smallest absolute Gasteiger partial charge is 0.309 e. The van der Waals surface area contributed by atoms with E-state index in [9.17, 15) is 14.7 Å². The molecule has 3 N–H and O–H groups in total. The van der Waals surface area contributed by atoms with Crippen molar-refractivity contribution in [2.45, 2.75) is 59.4 Å². The average molecular weight is 284 g/mol. The van der Waals surface area contributed by atoms with Crippen LogP contribution in [0.1, 0.15) is 53.4 Å². The lowest BCUT2D eigenvalue weighted by Gasteiger charge is -2.39. The molecule has 5 heteroatoms. The van der Waals surface area contributed by atoms with Gasteiger partial charge in [0.1, 0.15) is 0 Å². The Morgan fingerprint density at radius 2 is 1.80 bits per heavy atom. The van der Waals surface area contributed by atoms with Gasteiger partial charge in [0.05, 0.1) is 5.41 Å². The van der Waals surface area contributed by atoms with Gasteiger partial charge >= 0.3 is 5.97 Å². The molecule has 0 spiro atoms. The monoisotopic (exact) mass is 284 g/mol. The van der Waals surface area contributed by atoms with Crippen LogP contribution >= 0.6 is 0 Å². The maximum Gasteiger partial charge on any atom is 0.309 e. The van der Waals surface area contributed by atoms with Crippen molar-refractivity contribution in [3.05, 3.63) is 0 Å². The number of amides is 1. The van der Waals surface area contributed by atoms with Crippen LogP contribution < -0.4 is 5.73 Å². The summed E-state index contributed by atoms with van der Waals surface area (Å²) in [6.45, 7) is 9.02. The van der Waals surface area contributed by atoms with Gasteiger partial charge in [-0.2, -0.15) is 0 Å². The van der Waals surface area contributed by atoms with Crippen molar-refractivity contribution >= 4 is 11.9 Å². The molecule has 1 unspecified atom stereocenters. The second-order valence-corrected chi connectivity index (χ2v) is 7.00. The first-order chi connectivity index (χ1) is 9.12. The van der Waals surface area contributed by atoms with E-state index >= 15 is 0 Å². The number of hydrogen-bond acceptors (Lipinski definition) is 3. The fourth-order valence-electron chi connectivity index (χ4n) is 2.53. The number of carbonyl (C=O) groups excluding carboxylic acids is 1. The molecule has 5 nitrogen and oxygen atoms in total. The fourth-order valence-corrected chi connectivity index (χ4v) is 2.53. The maximum atomic E-state index is 12.2. The third-order valence-electron chi connectivity index (χ3n) is 4.71. The molecule has 0 aromatic heterocycles. The van der Waals surface area contributed by atoms with Crippen molar-refractivity contribution in [1.82, 2.24) is 4.90 Å². The van der Waals surface area contributed by atoms with E-state index in [2.05, 4.69) is 0 Å². The topological polar surface area (TPSA) is 83.6 Å². The van der Waals surface area contributed by atoms with Crippen molar-refractivity contribution in [1.29, 1.82) is 0 Å². The van der Waals surface area contributed by atoms with Crippen LogP contribution in [0.3, 0.4) is 0 Å². The molecule has 0 aromatic carbocycles. The van der Waals surface area contributed by atoms with Gasteiger partial charge in [-0.15, -0.1) is 0 Å². The van der Waals surface area contributed by atoms with E-state index < -0.39 is 11.4 Å². The van der Waals surface area contributed by atoms with Crippen LogP contribution in [0.4, 0.5) is 0 Å². The minimum Gasteiger partial charge on any atom is -0.481 e. The van der Waals surface area contributed by atoms with Crippen LogP contribution in [0.2, 0.25) is 0 Å². The van der Waals surface area contributed by atoms with Crippen LogP contribution in [0.15, 0.2) is 0 Å². The van der Waals surface area contributed by atoms with Gasteiger partial charge in [0.15, 0.2) is 0 Å². The molecule has 1 fully saturated rings. The number of nitrogens with zero attached hydrogens (tertiary/aromatic N) is 1. The molecule has 1 aliphatic rings. The number of carboxylic acid groups (broad SMARTS) is 1. The van der Waals surface area contributed by atoms with Crippen molar-refractivity contribution in [3.63, 3.8) is 0 Å². The standard InChI is InChI=1S/C15H28N2O3/c1-5-15(13(19)20)6-8-17(9-7-15)12(18)10-11(16)14(2,3)4/h11H,5-10,16H2,1-4H3,(H,19,20). The van der Waals surface area contributed by atoms with E-state index in [0.29, 0.717) is 38.8 Å². The zero-order valence-corrected chi connectivity index (χ0v) is 13.1. The van der Waals surface area contributed by atoms with Crippen LogP contribution in [0.5, 0.6) is 0 Å². The van der Waals surface area contributed by atoms with Gasteiger partial charge in [0.2, 0.25) is 5.91 Å². The molecule has 1 rings (SSSR count). The van der Waals surface area contributed by atoms with E-state index in [1.807, 2.05) is 27.7 Å². The first-order valence-electron chi connectivity index (χ1n) is 7.39. The molecule has 1 heterocycles. The SMILES string of the molecule is CCC1(C(=O)O)CCN(C(=O)CC(N)C(C)(C)C)CC1. The third kappa shape index (κ3) is 3.72. The molecule has 0 aliphatic carbocycles. The van der Waals surface area contributed by atoms with Gasteiger partial charge < -0.3 is 15.7 Å². The number of hydrogen-bond donors (Lipinski definition) is 2. The molecule has 1 atom stereocenters. The number of aliphatic carboxylic acids is 1. The number of carbonyl (C=O) groups is 2. The summed E-state index contributed by atoms with van der Waals surface area (Å²) in [5, 5.41) is 9.34. The Labute approximate surface area is 121 Å². The largest absolute Gasteiger partial charge is 0.481 e. The van der Waals surface area contributed by atoms with Gasteiger partial charge in [0, 0.05) is 25.6 Å². The van der Waals surface area contributed by atoms with Gasteiger partial charge in [-0.05, 0) is 24.7 Å². The van der Waals surface area contributed by atoms with Crippen molar-refractivity contribution in [2.75, 3.05) is 13.1 Å². The first-order valence-corrected chi connectivity index (χ1v) is 7.39. The molecule has 0 aromatic rings. The fraction of sp³-hybridized carbons (Fsp3) is 0.867. The van der Waals surface area contributed by atoms with Crippen molar-refractivity contribution in [2.24, 2.45) is 16.6 Å². The Bertz CT molecular complexity index is 366. The highest BCUT2D eigenvalue weighted by molar-refractivity contribution is 5.78. The minimum atomic E-state index is -0.738. The Morgan fingerprint density at radius 1 is 1.30 bits per heavy atom. The summed E-state index contributed by atoms with van der Waals surface area (Å²) in [6.07, 6.45) is 2.02. The second-order valence-electron chi connectivity index (χ2n) is 7.00. The highest BCUT2D eigenvalue weighted by Gasteiger charge is 2.41. The molecule has 0 saturated carbocycles. The summed E-state index contributed by atoms with van der Waals surface area (Å²) in [6, 6.07) is -0.174. The lowest BCUT2D eigenvalue weighted by atomic mass is 9.76. The molecule has 1 amide bonds. The highest BCUT2D eigenvalue weighted by atomic mass is 16.4. The normalized spacial score (nSPS) is 20.6. The molecular weight excluding hydrogens is 256 g/mol. The molecular formula is C15H28N2O3. The summed E-state index contributed by atoms with van der Waals surface area (Å²) in [5.74, 6) is -0.694. The summed E-state index contributed by atoms with van der Waals surface area (Å²) < 4.78 is 0. The average Bonchev–Trinajstić information content (AvgIpc) is 2.37. The highest BCUT2D eigenvalue weighted by Crippen LogP contribution is 2.35. The summed E-state index contributed by atoms with van der Waals surface area (Å²) >= 11 is 0. The van der Waals surface area contributed by atoms with E-state index in [1.165, 1.54) is 0 Å². The molecule has 0 bridgehead atoms. The Hall–Kier alpha value is -1.10. The summed E-state index contributed by atoms with van der Waals surface area (Å²) in [4.78, 5) is 25.4. The lowest BCUT2D eigenvalue weighted by molar-refractivity contribution is -0.154. The van der Waals surface area contributed by atoms with Gasteiger partial charge in [-0.1, -0.05) is 27.7 Å². The Balaban J connectivity index is 2.57. The van der Waals surface area contributed by atoms with Crippen LogP contribution in [0, 0.1) is 10.8 Å². The predicted molar refractivity (Wildman–Crippen MR) is 78.2 cm³/mol. The van der Waals surface area contributed by atoms with E-state index in [0.717, 1.165) is 0 Å². The van der Waals surface area contributed by atoms with Crippen LogP contribution in [0.25, 0.3) is 0 Å². The number of carboxylic acids is 1. The van der Waals surface area contributed by atoms with Crippen LogP contribution in [-0.2, 0) is 9.59 Å². The second kappa shape index (κ2) is 6.12. The quantitative estimate of drug-likeness (QED) is 0.825. The molecule has 1 aliphatic heterocycles. The number of likely N-dealkylation sites (tertiary alicyclic amines) is 1. The summed E-state index contributed by atoms with van der Waals surface area (Å²) in [7, 11) is 0. The molecule has 1 saturated heterocycles. The van der Waals surface area contributed by atoms with Gasteiger partial charge in [0.25, 0.3) is 0 Å². The van der Waals surface area contributed by atoms with Gasteiger partial charge in [-0.25, -0.2) is 0 Å². The van der Waals surface area contributed by atoms with E-state index in [1.54, 1.807) is 4.90 Å². The van der Waals surface area contributed by atoms with Crippen molar-refractivity contribution in [3.8, 4) is 0 Å².